The maximum Gasteiger partial charge on any atom is 0.271 e. The highest BCUT2D eigenvalue weighted by Crippen LogP contribution is 2.29. The van der Waals surface area contributed by atoms with Gasteiger partial charge in [-0.15, -0.1) is 0 Å². The van der Waals surface area contributed by atoms with Gasteiger partial charge in [-0.2, -0.15) is 4.31 Å². The van der Waals surface area contributed by atoms with Gasteiger partial charge < -0.3 is 4.90 Å². The van der Waals surface area contributed by atoms with Gasteiger partial charge in [-0.3, -0.25) is 15.0 Å². The lowest BCUT2D eigenvalue weighted by atomic mass is 10.1. The number of nitro groups is 1. The maximum absolute atomic E-state index is 13.5. The van der Waals surface area contributed by atoms with Crippen LogP contribution in [-0.2, 0) is 10.0 Å². The molecule has 28 heavy (non-hydrogen) atoms. The third kappa shape index (κ3) is 5.08. The van der Waals surface area contributed by atoms with Crippen molar-refractivity contribution in [3.8, 4) is 0 Å². The zero-order chi connectivity index (χ0) is 21.1. The van der Waals surface area contributed by atoms with Crippen LogP contribution < -0.4 is 0 Å². The van der Waals surface area contributed by atoms with E-state index in [9.17, 15) is 18.5 Å². The van der Waals surface area contributed by atoms with Gasteiger partial charge in [0.1, 0.15) is 0 Å². The number of aryl methyl sites for hydroxylation is 1. The minimum absolute atomic E-state index is 0.0407. The summed E-state index contributed by atoms with van der Waals surface area (Å²) in [5, 5.41) is 11.3. The molecule has 1 aromatic carbocycles. The van der Waals surface area contributed by atoms with Crippen molar-refractivity contribution >= 4 is 15.7 Å². The molecule has 158 valence electrons. The average molecular weight is 413 g/mol. The first-order chi connectivity index (χ1) is 13.1. The molecule has 8 nitrogen and oxygen atoms in total. The molecule has 1 saturated heterocycles. The van der Waals surface area contributed by atoms with Crippen molar-refractivity contribution in [3.05, 3.63) is 33.4 Å². The Morgan fingerprint density at radius 2 is 1.93 bits per heavy atom. The predicted molar refractivity (Wildman–Crippen MR) is 110 cm³/mol. The summed E-state index contributed by atoms with van der Waals surface area (Å²) in [5.41, 5.74) is 0.987. The molecule has 1 aromatic rings. The van der Waals surface area contributed by atoms with Crippen molar-refractivity contribution in [2.45, 2.75) is 44.6 Å². The number of likely N-dealkylation sites (N-methyl/N-ethyl adjacent to an activating group) is 2. The van der Waals surface area contributed by atoms with Crippen LogP contribution in [0, 0.1) is 24.0 Å². The van der Waals surface area contributed by atoms with Gasteiger partial charge in [0.15, 0.2) is 0 Å². The predicted octanol–water partition coefficient (Wildman–Crippen LogP) is 2.25. The SMILES string of the molecule is CCN1CCCC1CN(CCN(C)C)S(=O)(=O)c1cc([N+](=O)[O-])cc(C)c1C. The number of benzene rings is 1. The van der Waals surface area contributed by atoms with E-state index < -0.39 is 14.9 Å². The van der Waals surface area contributed by atoms with Crippen molar-refractivity contribution in [3.63, 3.8) is 0 Å². The molecule has 0 aromatic heterocycles. The van der Waals surface area contributed by atoms with Crippen LogP contribution in [0.15, 0.2) is 17.0 Å². The van der Waals surface area contributed by atoms with E-state index in [-0.39, 0.29) is 16.6 Å². The molecule has 0 spiro atoms. The Kier molecular flexibility index (Phi) is 7.55. The Hall–Kier alpha value is -1.55. The molecule has 1 unspecified atom stereocenters. The van der Waals surface area contributed by atoms with Gasteiger partial charge in [0.2, 0.25) is 10.0 Å². The summed E-state index contributed by atoms with van der Waals surface area (Å²) in [7, 11) is -0.0410. The van der Waals surface area contributed by atoms with E-state index in [1.54, 1.807) is 13.8 Å². The third-order valence-electron chi connectivity index (χ3n) is 5.55. The fraction of sp³-hybridized carbons (Fsp3) is 0.684. The summed E-state index contributed by atoms with van der Waals surface area (Å²) in [5.74, 6) is 0. The Balaban J connectivity index is 2.44. The molecule has 0 amide bonds. The number of non-ortho nitro benzene ring substituents is 1. The summed E-state index contributed by atoms with van der Waals surface area (Å²) in [6.07, 6.45) is 2.03. The van der Waals surface area contributed by atoms with E-state index >= 15 is 0 Å². The lowest BCUT2D eigenvalue weighted by Gasteiger charge is -2.31. The number of sulfonamides is 1. The molecular formula is C19H32N4O4S. The molecule has 0 radical (unpaired) electrons. The van der Waals surface area contributed by atoms with Crippen LogP contribution in [0.25, 0.3) is 0 Å². The topological polar surface area (TPSA) is 87.0 Å². The molecule has 0 saturated carbocycles. The Bertz CT molecular complexity index is 810. The second kappa shape index (κ2) is 9.30. The maximum atomic E-state index is 13.5. The van der Waals surface area contributed by atoms with Crippen LogP contribution in [0.2, 0.25) is 0 Å². The van der Waals surface area contributed by atoms with Crippen LogP contribution in [-0.4, -0.2) is 80.3 Å². The highest BCUT2D eigenvalue weighted by atomic mass is 32.2. The number of rotatable bonds is 9. The Morgan fingerprint density at radius 3 is 2.50 bits per heavy atom. The van der Waals surface area contributed by atoms with E-state index in [0.717, 1.165) is 25.9 Å². The number of nitro benzene ring substituents is 1. The van der Waals surface area contributed by atoms with Crippen molar-refractivity contribution in [1.82, 2.24) is 14.1 Å². The molecular weight excluding hydrogens is 380 g/mol. The van der Waals surface area contributed by atoms with Crippen molar-refractivity contribution in [2.24, 2.45) is 0 Å². The van der Waals surface area contributed by atoms with Gasteiger partial charge in [-0.25, -0.2) is 8.42 Å². The van der Waals surface area contributed by atoms with Gasteiger partial charge in [0.25, 0.3) is 5.69 Å². The van der Waals surface area contributed by atoms with Crippen LogP contribution in [0.1, 0.15) is 30.9 Å². The molecule has 1 aliphatic rings. The largest absolute Gasteiger partial charge is 0.308 e. The standard InChI is InChI=1S/C19H32N4O4S/c1-6-21-9-7-8-17(21)14-22(11-10-20(4)5)28(26,27)19-13-18(23(24)25)12-15(2)16(19)3/h12-13,17H,6-11,14H2,1-5H3. The first kappa shape index (κ1) is 22.7. The van der Waals surface area contributed by atoms with Crippen LogP contribution in [0.4, 0.5) is 5.69 Å². The van der Waals surface area contributed by atoms with E-state index in [1.165, 1.54) is 16.4 Å². The van der Waals surface area contributed by atoms with E-state index in [1.807, 2.05) is 19.0 Å². The van der Waals surface area contributed by atoms with Crippen LogP contribution in [0.5, 0.6) is 0 Å². The Labute approximate surface area is 168 Å². The van der Waals surface area contributed by atoms with Gasteiger partial charge in [-0.1, -0.05) is 6.92 Å². The molecule has 1 fully saturated rings. The normalized spacial score (nSPS) is 18.3. The van der Waals surface area contributed by atoms with Gasteiger partial charge in [0.05, 0.1) is 9.82 Å². The summed E-state index contributed by atoms with van der Waals surface area (Å²) in [6.45, 7) is 8.73. The smallest absolute Gasteiger partial charge is 0.271 e. The van der Waals surface area contributed by atoms with Gasteiger partial charge >= 0.3 is 0 Å². The first-order valence-electron chi connectivity index (χ1n) is 9.72. The summed E-state index contributed by atoms with van der Waals surface area (Å²) in [4.78, 5) is 15.0. The molecule has 9 heteroatoms. The van der Waals surface area contributed by atoms with Crippen molar-refractivity contribution < 1.29 is 13.3 Å². The molecule has 0 aliphatic carbocycles. The molecule has 0 N–H and O–H groups in total. The fourth-order valence-electron chi connectivity index (χ4n) is 3.70. The quantitative estimate of drug-likeness (QED) is 0.457. The highest BCUT2D eigenvalue weighted by molar-refractivity contribution is 7.89. The zero-order valence-electron chi connectivity index (χ0n) is 17.5. The van der Waals surface area contributed by atoms with E-state index in [2.05, 4.69) is 11.8 Å². The highest BCUT2D eigenvalue weighted by Gasteiger charge is 2.33. The van der Waals surface area contributed by atoms with Crippen LogP contribution >= 0.6 is 0 Å². The summed E-state index contributed by atoms with van der Waals surface area (Å²) >= 11 is 0. The number of nitrogens with zero attached hydrogens (tertiary/aromatic N) is 4. The zero-order valence-corrected chi connectivity index (χ0v) is 18.3. The fourth-order valence-corrected chi connectivity index (χ4v) is 5.48. The molecule has 0 bridgehead atoms. The summed E-state index contributed by atoms with van der Waals surface area (Å²) in [6, 6.07) is 2.81. The number of likely N-dealkylation sites (tertiary alicyclic amines) is 1. The minimum Gasteiger partial charge on any atom is -0.308 e. The molecule has 1 heterocycles. The lowest BCUT2D eigenvalue weighted by Crippen LogP contribution is -2.45. The minimum atomic E-state index is -3.85. The Morgan fingerprint density at radius 1 is 1.25 bits per heavy atom. The third-order valence-corrected chi connectivity index (χ3v) is 7.54. The van der Waals surface area contributed by atoms with Crippen molar-refractivity contribution in [1.29, 1.82) is 0 Å². The summed E-state index contributed by atoms with van der Waals surface area (Å²) < 4.78 is 28.6. The molecule has 1 aliphatic heterocycles. The van der Waals surface area contributed by atoms with E-state index in [4.69, 9.17) is 0 Å². The monoisotopic (exact) mass is 412 g/mol. The van der Waals surface area contributed by atoms with Crippen LogP contribution in [0.3, 0.4) is 0 Å². The molecule has 2 rings (SSSR count). The first-order valence-corrected chi connectivity index (χ1v) is 11.2. The molecule has 1 atom stereocenters. The number of hydrogen-bond acceptors (Lipinski definition) is 6. The van der Waals surface area contributed by atoms with Gasteiger partial charge in [-0.05, 0) is 65.0 Å². The van der Waals surface area contributed by atoms with E-state index in [0.29, 0.717) is 30.8 Å². The number of hydrogen-bond donors (Lipinski definition) is 0. The lowest BCUT2D eigenvalue weighted by molar-refractivity contribution is -0.385. The average Bonchev–Trinajstić information content (AvgIpc) is 3.07. The van der Waals surface area contributed by atoms with Crippen molar-refractivity contribution in [2.75, 3.05) is 46.8 Å². The second-order valence-electron chi connectivity index (χ2n) is 7.73. The second-order valence-corrected chi connectivity index (χ2v) is 9.64. The van der Waals surface area contributed by atoms with Gasteiger partial charge in [0, 0.05) is 37.8 Å².